The van der Waals surface area contributed by atoms with Gasteiger partial charge in [-0.2, -0.15) is 5.10 Å². The SMILES string of the molecule is Cn1c(C(=O)Nc2ccn[nH]2)ccc1[N+](=O)[O-]. The van der Waals surface area contributed by atoms with Crippen LogP contribution in [0, 0.1) is 10.1 Å². The van der Waals surface area contributed by atoms with Gasteiger partial charge in [-0.15, -0.1) is 0 Å². The van der Waals surface area contributed by atoms with Crippen LogP contribution < -0.4 is 5.32 Å². The number of rotatable bonds is 3. The first-order chi connectivity index (χ1) is 8.09. The van der Waals surface area contributed by atoms with Crippen molar-refractivity contribution in [2.75, 3.05) is 5.32 Å². The molecule has 0 bridgehead atoms. The average Bonchev–Trinajstić information content (AvgIpc) is 2.86. The van der Waals surface area contributed by atoms with Gasteiger partial charge in [0.1, 0.15) is 5.82 Å². The second-order valence-corrected chi connectivity index (χ2v) is 3.32. The fraction of sp³-hybridized carbons (Fsp3) is 0.111. The summed E-state index contributed by atoms with van der Waals surface area (Å²) < 4.78 is 1.21. The highest BCUT2D eigenvalue weighted by atomic mass is 16.6. The topological polar surface area (TPSA) is 106 Å². The molecule has 2 heterocycles. The van der Waals surface area contributed by atoms with E-state index in [1.54, 1.807) is 6.07 Å². The van der Waals surface area contributed by atoms with E-state index in [4.69, 9.17) is 0 Å². The quantitative estimate of drug-likeness (QED) is 0.609. The lowest BCUT2D eigenvalue weighted by Crippen LogP contribution is -2.16. The van der Waals surface area contributed by atoms with Crippen LogP contribution in [0.3, 0.4) is 0 Å². The first-order valence-corrected chi connectivity index (χ1v) is 4.70. The number of aromatic nitrogens is 3. The molecule has 17 heavy (non-hydrogen) atoms. The van der Waals surface area contributed by atoms with E-state index in [9.17, 15) is 14.9 Å². The van der Waals surface area contributed by atoms with Gasteiger partial charge < -0.3 is 15.4 Å². The molecule has 88 valence electrons. The van der Waals surface area contributed by atoms with Crippen LogP contribution in [0.25, 0.3) is 0 Å². The zero-order valence-corrected chi connectivity index (χ0v) is 8.88. The molecule has 0 aromatic carbocycles. The molecule has 0 radical (unpaired) electrons. The van der Waals surface area contributed by atoms with Gasteiger partial charge in [-0.3, -0.25) is 9.89 Å². The molecule has 2 aromatic heterocycles. The maximum atomic E-state index is 11.8. The lowest BCUT2D eigenvalue weighted by atomic mass is 10.4. The van der Waals surface area contributed by atoms with Crippen molar-refractivity contribution in [3.63, 3.8) is 0 Å². The highest BCUT2D eigenvalue weighted by Gasteiger charge is 2.20. The molecule has 0 spiro atoms. The fourth-order valence-electron chi connectivity index (χ4n) is 1.42. The zero-order valence-electron chi connectivity index (χ0n) is 8.88. The van der Waals surface area contributed by atoms with Gasteiger partial charge in [0.05, 0.1) is 13.2 Å². The molecule has 2 aromatic rings. The molecule has 0 fully saturated rings. The predicted octanol–water partition coefficient (Wildman–Crippen LogP) is 0.909. The Morgan fingerprint density at radius 2 is 2.29 bits per heavy atom. The van der Waals surface area contributed by atoms with Gasteiger partial charge in [0.15, 0.2) is 5.69 Å². The number of nitro groups is 1. The summed E-state index contributed by atoms with van der Waals surface area (Å²) in [7, 11) is 1.46. The van der Waals surface area contributed by atoms with Crippen LogP contribution in [0.15, 0.2) is 24.4 Å². The van der Waals surface area contributed by atoms with Gasteiger partial charge in [-0.05, 0) is 11.0 Å². The largest absolute Gasteiger partial charge is 0.358 e. The van der Waals surface area contributed by atoms with Gasteiger partial charge in [0.2, 0.25) is 0 Å². The fourth-order valence-corrected chi connectivity index (χ4v) is 1.42. The van der Waals surface area contributed by atoms with Crippen molar-refractivity contribution in [2.24, 2.45) is 7.05 Å². The number of carbonyl (C=O) groups excluding carboxylic acids is 1. The molecular weight excluding hydrogens is 226 g/mol. The minimum Gasteiger partial charge on any atom is -0.358 e. The summed E-state index contributed by atoms with van der Waals surface area (Å²) in [4.78, 5) is 21.8. The molecule has 2 N–H and O–H groups in total. The standard InChI is InChI=1S/C9H9N5O3/c1-13-6(2-3-8(13)14(16)17)9(15)11-7-4-5-10-12-7/h2-5H,1H3,(H2,10,11,12,15). The van der Waals surface area contributed by atoms with Crippen LogP contribution in [0.1, 0.15) is 10.5 Å². The summed E-state index contributed by atoms with van der Waals surface area (Å²) in [6, 6.07) is 4.25. The summed E-state index contributed by atoms with van der Waals surface area (Å²) in [5.41, 5.74) is 0.200. The minimum absolute atomic E-state index is 0.139. The molecule has 0 unspecified atom stereocenters. The third-order valence-corrected chi connectivity index (χ3v) is 2.26. The lowest BCUT2D eigenvalue weighted by molar-refractivity contribution is -0.391. The number of hydrogen-bond donors (Lipinski definition) is 2. The predicted molar refractivity (Wildman–Crippen MR) is 58.6 cm³/mol. The van der Waals surface area contributed by atoms with Gasteiger partial charge in [-0.25, -0.2) is 4.57 Å². The van der Waals surface area contributed by atoms with Gasteiger partial charge >= 0.3 is 5.82 Å². The van der Waals surface area contributed by atoms with E-state index in [1.807, 2.05) is 0 Å². The normalized spacial score (nSPS) is 10.2. The second kappa shape index (κ2) is 4.08. The third-order valence-electron chi connectivity index (χ3n) is 2.26. The van der Waals surface area contributed by atoms with Crippen molar-refractivity contribution in [1.29, 1.82) is 0 Å². The van der Waals surface area contributed by atoms with Crippen molar-refractivity contribution in [3.05, 3.63) is 40.2 Å². The van der Waals surface area contributed by atoms with Gasteiger partial charge in [0.25, 0.3) is 5.91 Å². The summed E-state index contributed by atoms with van der Waals surface area (Å²) in [6.07, 6.45) is 1.49. The number of nitrogens with one attached hydrogen (secondary N) is 2. The Morgan fingerprint density at radius 3 is 2.82 bits per heavy atom. The Bertz CT molecular complexity index is 557. The Labute approximate surface area is 95.4 Å². The van der Waals surface area contributed by atoms with Crippen LogP contribution in [0.2, 0.25) is 0 Å². The van der Waals surface area contributed by atoms with Crippen LogP contribution in [-0.2, 0) is 7.05 Å². The molecule has 1 amide bonds. The zero-order chi connectivity index (χ0) is 12.4. The number of hydrogen-bond acceptors (Lipinski definition) is 4. The van der Waals surface area contributed by atoms with Crippen LogP contribution in [0.4, 0.5) is 11.6 Å². The number of H-pyrrole nitrogens is 1. The highest BCUT2D eigenvalue weighted by molar-refractivity contribution is 6.02. The Hall–Kier alpha value is -2.64. The molecule has 2 rings (SSSR count). The Morgan fingerprint density at radius 1 is 1.53 bits per heavy atom. The summed E-state index contributed by atoms with van der Waals surface area (Å²) in [5.74, 6) is -0.150. The molecule has 0 saturated carbocycles. The number of anilines is 1. The van der Waals surface area contributed by atoms with Crippen LogP contribution >= 0.6 is 0 Å². The second-order valence-electron chi connectivity index (χ2n) is 3.32. The summed E-state index contributed by atoms with van der Waals surface area (Å²) in [6.45, 7) is 0. The first kappa shape index (κ1) is 10.9. The van der Waals surface area contributed by atoms with E-state index in [-0.39, 0.29) is 11.5 Å². The molecule has 0 aliphatic heterocycles. The maximum absolute atomic E-state index is 11.8. The number of aromatic amines is 1. The van der Waals surface area contributed by atoms with Crippen molar-refractivity contribution >= 4 is 17.5 Å². The monoisotopic (exact) mass is 235 g/mol. The van der Waals surface area contributed by atoms with Gasteiger partial charge in [-0.1, -0.05) is 0 Å². The van der Waals surface area contributed by atoms with E-state index in [2.05, 4.69) is 15.5 Å². The number of nitrogens with zero attached hydrogens (tertiary/aromatic N) is 3. The molecular formula is C9H9N5O3. The third kappa shape index (κ3) is 2.00. The van der Waals surface area contributed by atoms with Crippen molar-refractivity contribution < 1.29 is 9.72 Å². The Kier molecular flexibility index (Phi) is 2.61. The Balaban J connectivity index is 2.23. The number of carbonyl (C=O) groups is 1. The highest BCUT2D eigenvalue weighted by Crippen LogP contribution is 2.15. The van der Waals surface area contributed by atoms with Crippen molar-refractivity contribution in [3.8, 4) is 0 Å². The van der Waals surface area contributed by atoms with Crippen LogP contribution in [-0.4, -0.2) is 25.6 Å². The van der Waals surface area contributed by atoms with E-state index >= 15 is 0 Å². The molecule has 8 heteroatoms. The van der Waals surface area contributed by atoms with Crippen LogP contribution in [0.5, 0.6) is 0 Å². The average molecular weight is 235 g/mol. The summed E-state index contributed by atoms with van der Waals surface area (Å²) >= 11 is 0. The van der Waals surface area contributed by atoms with Gasteiger partial charge in [0, 0.05) is 12.1 Å². The van der Waals surface area contributed by atoms with E-state index in [0.717, 1.165) is 0 Å². The van der Waals surface area contributed by atoms with Crippen molar-refractivity contribution in [2.45, 2.75) is 0 Å². The van der Waals surface area contributed by atoms with E-state index in [1.165, 1.54) is 29.9 Å². The van der Waals surface area contributed by atoms with Crippen molar-refractivity contribution in [1.82, 2.24) is 14.8 Å². The maximum Gasteiger partial charge on any atom is 0.323 e. The smallest absolute Gasteiger partial charge is 0.323 e. The molecule has 0 aliphatic carbocycles. The molecule has 0 aliphatic rings. The van der Waals surface area contributed by atoms with E-state index < -0.39 is 10.8 Å². The summed E-state index contributed by atoms with van der Waals surface area (Å²) in [5, 5.41) is 19.4. The molecule has 0 atom stereocenters. The first-order valence-electron chi connectivity index (χ1n) is 4.70. The van der Waals surface area contributed by atoms with E-state index in [0.29, 0.717) is 5.82 Å². The molecule has 0 saturated heterocycles. The number of amides is 1. The minimum atomic E-state index is -0.549. The molecule has 8 nitrogen and oxygen atoms in total. The lowest BCUT2D eigenvalue weighted by Gasteiger charge is -2.01.